The summed E-state index contributed by atoms with van der Waals surface area (Å²) in [5, 5.41) is 6.44. The lowest BCUT2D eigenvalue weighted by molar-refractivity contribution is 0.534. The predicted octanol–water partition coefficient (Wildman–Crippen LogP) is -0.823. The molecule has 0 aromatic heterocycles. The van der Waals surface area contributed by atoms with E-state index in [1.807, 2.05) is 6.20 Å². The van der Waals surface area contributed by atoms with Crippen molar-refractivity contribution < 1.29 is 0 Å². The van der Waals surface area contributed by atoms with Gasteiger partial charge in [-0.05, 0) is 6.42 Å². The molecule has 0 atom stereocenters. The quantitative estimate of drug-likeness (QED) is 0.383. The van der Waals surface area contributed by atoms with Crippen LogP contribution in [-0.2, 0) is 0 Å². The smallest absolute Gasteiger partial charge is 0.0183 e. The van der Waals surface area contributed by atoms with E-state index in [4.69, 9.17) is 0 Å². The lowest BCUT2D eigenvalue weighted by Gasteiger charge is -2.11. The molecule has 4 N–H and O–H groups in total. The maximum absolute atomic E-state index is 3.22. The van der Waals surface area contributed by atoms with Crippen molar-refractivity contribution in [3.8, 4) is 0 Å². The highest BCUT2D eigenvalue weighted by molar-refractivity contribution is 4.82. The lowest BCUT2D eigenvalue weighted by atomic mass is 10.4. The molecule has 2 heterocycles. The monoisotopic (exact) mass is 170 g/mol. The first-order valence-corrected chi connectivity index (χ1v) is 4.55. The molecule has 2 aliphatic heterocycles. The fourth-order valence-electron chi connectivity index (χ4n) is 1.03. The van der Waals surface area contributed by atoms with Crippen LogP contribution in [0.4, 0.5) is 0 Å². The standard InChI is InChI=1S/C4H10N2.C4H8N2/c1-2-6-4-3-5-1;1-2-4-6-5-3-1/h5-6H,1-4H2;1,3,5-6H,2,4H2. The zero-order valence-electron chi connectivity index (χ0n) is 7.40. The van der Waals surface area contributed by atoms with E-state index in [2.05, 4.69) is 27.6 Å². The molecule has 12 heavy (non-hydrogen) atoms. The topological polar surface area (TPSA) is 48.1 Å². The van der Waals surface area contributed by atoms with Crippen molar-refractivity contribution in [2.24, 2.45) is 0 Å². The summed E-state index contributed by atoms with van der Waals surface area (Å²) in [7, 11) is 0. The van der Waals surface area contributed by atoms with Crippen LogP contribution in [0, 0.1) is 0 Å². The van der Waals surface area contributed by atoms with Gasteiger partial charge in [-0.2, -0.15) is 0 Å². The largest absolute Gasteiger partial charge is 0.329 e. The van der Waals surface area contributed by atoms with Crippen LogP contribution in [0.2, 0.25) is 0 Å². The van der Waals surface area contributed by atoms with Crippen molar-refractivity contribution >= 4 is 0 Å². The summed E-state index contributed by atoms with van der Waals surface area (Å²) >= 11 is 0. The van der Waals surface area contributed by atoms with Crippen LogP contribution in [0.3, 0.4) is 0 Å². The van der Waals surface area contributed by atoms with E-state index >= 15 is 0 Å². The van der Waals surface area contributed by atoms with Gasteiger partial charge in [0.05, 0.1) is 0 Å². The molecular weight excluding hydrogens is 152 g/mol. The van der Waals surface area contributed by atoms with E-state index in [1.54, 1.807) is 0 Å². The molecule has 1 saturated heterocycles. The Morgan fingerprint density at radius 2 is 1.50 bits per heavy atom. The van der Waals surface area contributed by atoms with Gasteiger partial charge in [-0.3, -0.25) is 0 Å². The lowest BCUT2D eigenvalue weighted by Crippen LogP contribution is -2.39. The summed E-state index contributed by atoms with van der Waals surface area (Å²) < 4.78 is 0. The molecule has 0 radical (unpaired) electrons. The molecule has 0 saturated carbocycles. The van der Waals surface area contributed by atoms with Gasteiger partial charge in [0.25, 0.3) is 0 Å². The number of rotatable bonds is 0. The molecule has 0 aromatic rings. The van der Waals surface area contributed by atoms with E-state index in [1.165, 1.54) is 0 Å². The third kappa shape index (κ3) is 5.12. The van der Waals surface area contributed by atoms with Gasteiger partial charge in [0.1, 0.15) is 0 Å². The van der Waals surface area contributed by atoms with E-state index in [0.29, 0.717) is 0 Å². The average Bonchev–Trinajstić information content (AvgIpc) is 2.24. The average molecular weight is 170 g/mol. The summed E-state index contributed by atoms with van der Waals surface area (Å²) in [4.78, 5) is 0. The molecule has 1 fully saturated rings. The predicted molar refractivity (Wildman–Crippen MR) is 50.6 cm³/mol. The van der Waals surface area contributed by atoms with E-state index in [9.17, 15) is 0 Å². The summed E-state index contributed by atoms with van der Waals surface area (Å²) in [5.41, 5.74) is 5.80. The van der Waals surface area contributed by atoms with Crippen molar-refractivity contribution in [1.29, 1.82) is 0 Å². The summed E-state index contributed by atoms with van der Waals surface area (Å²) in [6, 6.07) is 0. The van der Waals surface area contributed by atoms with E-state index < -0.39 is 0 Å². The van der Waals surface area contributed by atoms with Gasteiger partial charge in [-0.25, -0.2) is 5.43 Å². The molecule has 2 rings (SSSR count). The first-order valence-electron chi connectivity index (χ1n) is 4.55. The second-order valence-corrected chi connectivity index (χ2v) is 2.76. The number of hydrazine groups is 1. The third-order valence-electron chi connectivity index (χ3n) is 1.70. The van der Waals surface area contributed by atoms with Crippen LogP contribution in [0.5, 0.6) is 0 Å². The Morgan fingerprint density at radius 3 is 1.67 bits per heavy atom. The van der Waals surface area contributed by atoms with Crippen molar-refractivity contribution in [2.45, 2.75) is 6.42 Å². The van der Waals surface area contributed by atoms with Gasteiger partial charge in [0.15, 0.2) is 0 Å². The molecule has 0 unspecified atom stereocenters. The summed E-state index contributed by atoms with van der Waals surface area (Å²) in [6.07, 6.45) is 5.15. The Balaban J connectivity index is 0.000000120. The molecule has 70 valence electrons. The van der Waals surface area contributed by atoms with Gasteiger partial charge in [0, 0.05) is 38.9 Å². The zero-order valence-corrected chi connectivity index (χ0v) is 7.40. The zero-order chi connectivity index (χ0) is 8.49. The van der Waals surface area contributed by atoms with Crippen LogP contribution in [0.1, 0.15) is 6.42 Å². The highest BCUT2D eigenvalue weighted by Gasteiger charge is 1.91. The van der Waals surface area contributed by atoms with Gasteiger partial charge < -0.3 is 16.1 Å². The number of hydrogen-bond acceptors (Lipinski definition) is 4. The minimum Gasteiger partial charge on any atom is -0.329 e. The second kappa shape index (κ2) is 7.09. The Labute approximate surface area is 73.8 Å². The summed E-state index contributed by atoms with van der Waals surface area (Å²) in [5.74, 6) is 0. The van der Waals surface area contributed by atoms with Crippen molar-refractivity contribution in [3.63, 3.8) is 0 Å². The Morgan fingerprint density at radius 1 is 0.833 bits per heavy atom. The first kappa shape index (κ1) is 9.51. The maximum Gasteiger partial charge on any atom is 0.0183 e. The van der Waals surface area contributed by atoms with Crippen molar-refractivity contribution in [3.05, 3.63) is 12.3 Å². The fourth-order valence-corrected chi connectivity index (χ4v) is 1.03. The highest BCUT2D eigenvalue weighted by Crippen LogP contribution is 1.79. The minimum atomic E-state index is 1.05. The summed E-state index contributed by atoms with van der Waals surface area (Å²) in [6.45, 7) is 5.61. The fraction of sp³-hybridized carbons (Fsp3) is 0.750. The molecule has 0 spiro atoms. The van der Waals surface area contributed by atoms with Crippen LogP contribution in [0.15, 0.2) is 12.3 Å². The number of hydrogen-bond donors (Lipinski definition) is 4. The molecule has 4 heteroatoms. The maximum atomic E-state index is 3.22. The molecule has 4 nitrogen and oxygen atoms in total. The normalized spacial score (nSPS) is 22.0. The van der Waals surface area contributed by atoms with Gasteiger partial charge in [-0.15, -0.1) is 0 Å². The Bertz CT molecular complexity index is 101. The number of nitrogens with one attached hydrogen (secondary N) is 4. The van der Waals surface area contributed by atoms with Crippen molar-refractivity contribution in [1.82, 2.24) is 21.5 Å². The van der Waals surface area contributed by atoms with Crippen LogP contribution < -0.4 is 21.5 Å². The van der Waals surface area contributed by atoms with Gasteiger partial charge >= 0.3 is 0 Å². The first-order chi connectivity index (χ1) is 6.00. The minimum absolute atomic E-state index is 1.05. The van der Waals surface area contributed by atoms with Crippen LogP contribution >= 0.6 is 0 Å². The SMILES string of the molecule is C1=CNNCC1.C1CNCCN1. The van der Waals surface area contributed by atoms with E-state index in [0.717, 1.165) is 39.1 Å². The van der Waals surface area contributed by atoms with E-state index in [-0.39, 0.29) is 0 Å². The van der Waals surface area contributed by atoms with Crippen LogP contribution in [-0.4, -0.2) is 32.7 Å². The highest BCUT2D eigenvalue weighted by atomic mass is 15.3. The molecule has 0 bridgehead atoms. The molecule has 2 aliphatic rings. The molecular formula is C8H18N4. The molecule has 0 aromatic carbocycles. The molecule has 0 amide bonds. The molecule has 0 aliphatic carbocycles. The second-order valence-electron chi connectivity index (χ2n) is 2.76. The van der Waals surface area contributed by atoms with Crippen LogP contribution in [0.25, 0.3) is 0 Å². The number of piperazine rings is 1. The third-order valence-corrected chi connectivity index (χ3v) is 1.70. The van der Waals surface area contributed by atoms with Crippen molar-refractivity contribution in [2.75, 3.05) is 32.7 Å². The Kier molecular flexibility index (Phi) is 5.62. The Hall–Kier alpha value is -0.580. The van der Waals surface area contributed by atoms with Gasteiger partial charge in [-0.1, -0.05) is 6.08 Å². The van der Waals surface area contributed by atoms with Gasteiger partial charge in [0.2, 0.25) is 0 Å².